The third kappa shape index (κ3) is 6.23. The van der Waals surface area contributed by atoms with E-state index in [1.54, 1.807) is 6.07 Å². The van der Waals surface area contributed by atoms with E-state index >= 15 is 4.39 Å². The van der Waals surface area contributed by atoms with E-state index < -0.39 is 17.7 Å². The van der Waals surface area contributed by atoms with Crippen LogP contribution in [0.3, 0.4) is 0 Å². The van der Waals surface area contributed by atoms with E-state index in [-0.39, 0.29) is 17.9 Å². The molecule has 1 saturated carbocycles. The summed E-state index contributed by atoms with van der Waals surface area (Å²) in [6.07, 6.45) is 6.49. The molecule has 2 aromatic carbocycles. The first-order chi connectivity index (χ1) is 20.8. The lowest BCUT2D eigenvalue weighted by molar-refractivity contribution is -0.142. The molecular formula is C35H38FN3O4. The first-order valence-corrected chi connectivity index (χ1v) is 15.3. The third-order valence-electron chi connectivity index (χ3n) is 9.47. The van der Waals surface area contributed by atoms with Gasteiger partial charge in [0.25, 0.3) is 0 Å². The van der Waals surface area contributed by atoms with Gasteiger partial charge in [0, 0.05) is 24.1 Å². The summed E-state index contributed by atoms with van der Waals surface area (Å²) in [4.78, 5) is 18.2. The number of aliphatic carboxylic acids is 1. The SMILES string of the molecule is COc1cc(-c2ccc(C3CCc4ccc([C@H](C5CC5)[C@H](C)C(=O)O)cc4O3)cc2CN2CCC(C#N)CC2)c(F)cn1. The number of benzene rings is 2. The Bertz CT molecular complexity index is 1540. The number of carboxylic acid groups (broad SMARTS) is 1. The van der Waals surface area contributed by atoms with Crippen LogP contribution in [0.4, 0.5) is 4.39 Å². The Balaban J connectivity index is 1.31. The fraction of sp³-hybridized carbons (Fsp3) is 0.457. The van der Waals surface area contributed by atoms with Gasteiger partial charge in [-0.3, -0.25) is 9.69 Å². The largest absolute Gasteiger partial charge is 0.485 e. The number of nitriles is 1. The Morgan fingerprint density at radius 2 is 1.93 bits per heavy atom. The van der Waals surface area contributed by atoms with Crippen molar-refractivity contribution in [1.82, 2.24) is 9.88 Å². The van der Waals surface area contributed by atoms with Crippen LogP contribution >= 0.6 is 0 Å². The number of aromatic nitrogens is 1. The van der Waals surface area contributed by atoms with Crippen molar-refractivity contribution in [3.05, 3.63) is 76.7 Å². The van der Waals surface area contributed by atoms with Gasteiger partial charge in [0.15, 0.2) is 0 Å². The van der Waals surface area contributed by atoms with Crippen molar-refractivity contribution in [3.8, 4) is 28.8 Å². The van der Waals surface area contributed by atoms with Gasteiger partial charge in [-0.25, -0.2) is 9.37 Å². The Morgan fingerprint density at radius 3 is 2.63 bits per heavy atom. The summed E-state index contributed by atoms with van der Waals surface area (Å²) in [5.74, 6) is 0.0274. The molecule has 0 radical (unpaired) electrons. The minimum absolute atomic E-state index is 0.0184. The number of pyridine rings is 1. The Hall–Kier alpha value is -3.96. The lowest BCUT2D eigenvalue weighted by Crippen LogP contribution is -2.33. The van der Waals surface area contributed by atoms with Crippen molar-refractivity contribution in [3.63, 3.8) is 0 Å². The molecule has 43 heavy (non-hydrogen) atoms. The van der Waals surface area contributed by atoms with E-state index in [4.69, 9.17) is 9.47 Å². The first-order valence-electron chi connectivity index (χ1n) is 15.3. The number of aryl methyl sites for hydroxylation is 1. The number of fused-ring (bicyclic) bond motifs is 1. The van der Waals surface area contributed by atoms with Crippen LogP contribution in [0.5, 0.6) is 11.6 Å². The minimum atomic E-state index is -0.763. The van der Waals surface area contributed by atoms with Gasteiger partial charge in [-0.15, -0.1) is 0 Å². The van der Waals surface area contributed by atoms with Gasteiger partial charge in [-0.1, -0.05) is 37.3 Å². The number of rotatable bonds is 9. The number of nitrogens with zero attached hydrogens (tertiary/aromatic N) is 3. The number of carboxylic acids is 1. The average Bonchev–Trinajstić information content (AvgIpc) is 3.87. The molecule has 3 atom stereocenters. The lowest BCUT2D eigenvalue weighted by atomic mass is 9.82. The maximum atomic E-state index is 15.1. The summed E-state index contributed by atoms with van der Waals surface area (Å²) in [6.45, 7) is 4.07. The number of halogens is 1. The van der Waals surface area contributed by atoms with E-state index in [0.717, 1.165) is 85.2 Å². The van der Waals surface area contributed by atoms with E-state index in [2.05, 4.69) is 40.2 Å². The number of piperidine rings is 1. The molecule has 1 aliphatic carbocycles. The van der Waals surface area contributed by atoms with Gasteiger partial charge >= 0.3 is 5.97 Å². The maximum Gasteiger partial charge on any atom is 0.306 e. The van der Waals surface area contributed by atoms with Crippen molar-refractivity contribution >= 4 is 5.97 Å². The highest BCUT2D eigenvalue weighted by atomic mass is 19.1. The normalized spacial score (nSPS) is 20.4. The predicted octanol–water partition coefficient (Wildman–Crippen LogP) is 6.91. The van der Waals surface area contributed by atoms with Crippen molar-refractivity contribution in [2.75, 3.05) is 20.2 Å². The zero-order valence-electron chi connectivity index (χ0n) is 24.8. The van der Waals surface area contributed by atoms with Crippen molar-refractivity contribution in [2.45, 2.75) is 64.0 Å². The van der Waals surface area contributed by atoms with Crippen LogP contribution in [-0.2, 0) is 17.8 Å². The zero-order chi connectivity index (χ0) is 30.1. The van der Waals surface area contributed by atoms with Crippen LogP contribution in [0.25, 0.3) is 11.1 Å². The fourth-order valence-corrected chi connectivity index (χ4v) is 6.81. The third-order valence-corrected chi connectivity index (χ3v) is 9.47. The molecule has 1 saturated heterocycles. The molecule has 2 aliphatic heterocycles. The zero-order valence-corrected chi connectivity index (χ0v) is 24.8. The summed E-state index contributed by atoms with van der Waals surface area (Å²) < 4.78 is 27.0. The molecule has 0 spiro atoms. The van der Waals surface area contributed by atoms with E-state index in [1.165, 1.54) is 13.3 Å². The maximum absolute atomic E-state index is 15.1. The highest BCUT2D eigenvalue weighted by molar-refractivity contribution is 5.71. The fourth-order valence-electron chi connectivity index (χ4n) is 6.81. The van der Waals surface area contributed by atoms with E-state index in [9.17, 15) is 15.2 Å². The number of ether oxygens (including phenoxy) is 2. The summed E-state index contributed by atoms with van der Waals surface area (Å²) in [5, 5.41) is 19.1. The highest BCUT2D eigenvalue weighted by Crippen LogP contribution is 2.48. The second kappa shape index (κ2) is 12.3. The van der Waals surface area contributed by atoms with Gasteiger partial charge in [0.2, 0.25) is 5.88 Å². The van der Waals surface area contributed by atoms with Crippen LogP contribution < -0.4 is 9.47 Å². The minimum Gasteiger partial charge on any atom is -0.485 e. The van der Waals surface area contributed by atoms with Gasteiger partial charge in [0.1, 0.15) is 17.7 Å². The molecule has 3 heterocycles. The molecule has 7 nitrogen and oxygen atoms in total. The molecule has 3 aliphatic rings. The van der Waals surface area contributed by atoms with Gasteiger partial charge < -0.3 is 14.6 Å². The van der Waals surface area contributed by atoms with Crippen LogP contribution in [-0.4, -0.2) is 41.2 Å². The second-order valence-corrected chi connectivity index (χ2v) is 12.3. The molecule has 3 aromatic rings. The number of carbonyl (C=O) groups is 1. The Morgan fingerprint density at radius 1 is 1.14 bits per heavy atom. The van der Waals surface area contributed by atoms with Gasteiger partial charge in [-0.05, 0) is 97.3 Å². The molecule has 1 N–H and O–H groups in total. The van der Waals surface area contributed by atoms with E-state index in [1.807, 2.05) is 19.1 Å². The lowest BCUT2D eigenvalue weighted by Gasteiger charge is -2.31. The first kappa shape index (κ1) is 29.1. The summed E-state index contributed by atoms with van der Waals surface area (Å²) >= 11 is 0. The number of hydrogen-bond donors (Lipinski definition) is 1. The molecule has 2 fully saturated rings. The van der Waals surface area contributed by atoms with Crippen LogP contribution in [0.15, 0.2) is 48.7 Å². The molecule has 1 unspecified atom stereocenters. The molecule has 0 bridgehead atoms. The van der Waals surface area contributed by atoms with Crippen LogP contribution in [0, 0.1) is 34.9 Å². The smallest absolute Gasteiger partial charge is 0.306 e. The Labute approximate surface area is 252 Å². The summed E-state index contributed by atoms with van der Waals surface area (Å²) in [5.41, 5.74) is 5.43. The predicted molar refractivity (Wildman–Crippen MR) is 160 cm³/mol. The average molecular weight is 584 g/mol. The van der Waals surface area contributed by atoms with Crippen molar-refractivity contribution in [1.29, 1.82) is 5.26 Å². The molecule has 1 aromatic heterocycles. The van der Waals surface area contributed by atoms with E-state index in [0.29, 0.717) is 23.9 Å². The highest BCUT2D eigenvalue weighted by Gasteiger charge is 2.39. The second-order valence-electron chi connectivity index (χ2n) is 12.3. The summed E-state index contributed by atoms with van der Waals surface area (Å²) in [7, 11) is 1.52. The molecule has 6 rings (SSSR count). The van der Waals surface area contributed by atoms with Crippen LogP contribution in [0.2, 0.25) is 0 Å². The van der Waals surface area contributed by atoms with Crippen molar-refractivity contribution in [2.24, 2.45) is 17.8 Å². The molecular weight excluding hydrogens is 545 g/mol. The molecule has 0 amide bonds. The summed E-state index contributed by atoms with van der Waals surface area (Å²) in [6, 6.07) is 16.4. The number of likely N-dealkylation sites (tertiary alicyclic amines) is 1. The van der Waals surface area contributed by atoms with Gasteiger partial charge in [-0.2, -0.15) is 5.26 Å². The Kier molecular flexibility index (Phi) is 8.36. The quantitative estimate of drug-likeness (QED) is 0.292. The number of methoxy groups -OCH3 is 1. The van der Waals surface area contributed by atoms with Crippen LogP contribution in [0.1, 0.15) is 73.3 Å². The monoisotopic (exact) mass is 583 g/mol. The molecule has 8 heteroatoms. The topological polar surface area (TPSA) is 95.7 Å². The number of hydrogen-bond acceptors (Lipinski definition) is 6. The van der Waals surface area contributed by atoms with Crippen molar-refractivity contribution < 1.29 is 23.8 Å². The van der Waals surface area contributed by atoms with Gasteiger partial charge in [0.05, 0.1) is 25.3 Å². The standard InChI is InChI=1S/C35H38FN3O4/c1-21(35(40)41)34(24-4-5-24)26-6-3-23-8-10-31(43-32(23)16-26)25-7-9-28(29-17-33(42-2)38-19-30(29)36)27(15-25)20-39-13-11-22(18-37)12-14-39/h3,6-7,9,15-17,19,21-22,24,31,34H,4-5,8,10-14,20H2,1-2H3,(H,40,41)/t21-,31?,34-/m0/s1. The molecule has 224 valence electrons.